The van der Waals surface area contributed by atoms with Crippen LogP contribution in [-0.2, 0) is 4.79 Å². The van der Waals surface area contributed by atoms with Gasteiger partial charge in [0.25, 0.3) is 0 Å². The number of anilines is 1. The van der Waals surface area contributed by atoms with Crippen LogP contribution in [0, 0.1) is 0 Å². The molecule has 0 aliphatic heterocycles. The van der Waals surface area contributed by atoms with Gasteiger partial charge in [-0.3, -0.25) is 4.79 Å². The summed E-state index contributed by atoms with van der Waals surface area (Å²) in [5, 5.41) is 5.91. The molecule has 0 bridgehead atoms. The Morgan fingerprint density at radius 2 is 2.31 bits per heavy atom. The number of nitrogens with zero attached hydrogens (tertiary/aromatic N) is 1. The van der Waals surface area contributed by atoms with E-state index in [1.54, 1.807) is 6.20 Å². The summed E-state index contributed by atoms with van der Waals surface area (Å²) in [6.07, 6.45) is 3.14. The Kier molecular flexibility index (Phi) is 5.85. The first kappa shape index (κ1) is 13.0. The van der Waals surface area contributed by atoms with Crippen LogP contribution in [-0.4, -0.2) is 24.0 Å². The molecule has 0 radical (unpaired) electrons. The largest absolute Gasteiger partial charge is 0.370 e. The van der Waals surface area contributed by atoms with Crippen LogP contribution >= 0.6 is 15.9 Å². The molecule has 16 heavy (non-hydrogen) atoms. The van der Waals surface area contributed by atoms with Crippen molar-refractivity contribution >= 4 is 27.7 Å². The second-order valence-corrected chi connectivity index (χ2v) is 4.30. The van der Waals surface area contributed by atoms with E-state index in [1.807, 2.05) is 19.1 Å². The lowest BCUT2D eigenvalue weighted by Gasteiger charge is -2.06. The van der Waals surface area contributed by atoms with Crippen LogP contribution in [0.15, 0.2) is 22.8 Å². The molecule has 0 atom stereocenters. The third kappa shape index (κ3) is 5.11. The fraction of sp³-hybridized carbons (Fsp3) is 0.455. The van der Waals surface area contributed by atoms with Crippen LogP contribution in [0.3, 0.4) is 0 Å². The van der Waals surface area contributed by atoms with Gasteiger partial charge >= 0.3 is 0 Å². The number of amides is 1. The Bertz CT molecular complexity index is 344. The van der Waals surface area contributed by atoms with Crippen LogP contribution < -0.4 is 10.6 Å². The number of aromatic nitrogens is 1. The number of pyridine rings is 1. The first-order chi connectivity index (χ1) is 7.72. The molecule has 2 N–H and O–H groups in total. The number of carbonyl (C=O) groups excluding carboxylic acids is 1. The topological polar surface area (TPSA) is 54.0 Å². The van der Waals surface area contributed by atoms with Gasteiger partial charge in [0, 0.05) is 30.2 Å². The van der Waals surface area contributed by atoms with Crippen molar-refractivity contribution < 1.29 is 4.79 Å². The van der Waals surface area contributed by atoms with Crippen LogP contribution in [0.2, 0.25) is 0 Å². The van der Waals surface area contributed by atoms with E-state index in [0.717, 1.165) is 23.3 Å². The van der Waals surface area contributed by atoms with E-state index < -0.39 is 0 Å². The maximum atomic E-state index is 11.3. The van der Waals surface area contributed by atoms with Crippen molar-refractivity contribution in [2.75, 3.05) is 18.4 Å². The van der Waals surface area contributed by atoms with E-state index in [4.69, 9.17) is 0 Å². The van der Waals surface area contributed by atoms with Crippen molar-refractivity contribution in [2.45, 2.75) is 19.8 Å². The third-order valence-corrected chi connectivity index (χ3v) is 2.45. The molecule has 0 saturated heterocycles. The molecular formula is C11H16BrN3O. The molecule has 0 fully saturated rings. The molecule has 0 aliphatic carbocycles. The van der Waals surface area contributed by atoms with Gasteiger partial charge in [0.1, 0.15) is 5.82 Å². The molecule has 0 saturated carbocycles. The molecular weight excluding hydrogens is 270 g/mol. The summed E-state index contributed by atoms with van der Waals surface area (Å²) in [5.41, 5.74) is 0. The average molecular weight is 286 g/mol. The van der Waals surface area contributed by atoms with Gasteiger partial charge in [-0.25, -0.2) is 4.98 Å². The fourth-order valence-corrected chi connectivity index (χ4v) is 1.49. The van der Waals surface area contributed by atoms with Gasteiger partial charge in [0.05, 0.1) is 0 Å². The van der Waals surface area contributed by atoms with Gasteiger partial charge in [-0.05, 0) is 18.6 Å². The minimum atomic E-state index is 0.0735. The maximum Gasteiger partial charge on any atom is 0.221 e. The molecule has 5 heteroatoms. The maximum absolute atomic E-state index is 11.3. The number of rotatable bonds is 6. The molecule has 0 unspecified atom stereocenters. The van der Waals surface area contributed by atoms with E-state index in [1.165, 1.54) is 0 Å². The summed E-state index contributed by atoms with van der Waals surface area (Å²) in [5.74, 6) is 0.849. The number of carbonyl (C=O) groups is 1. The molecule has 1 aromatic heterocycles. The van der Waals surface area contributed by atoms with Crippen LogP contribution in [0.5, 0.6) is 0 Å². The molecule has 0 aliphatic rings. The van der Waals surface area contributed by atoms with E-state index in [0.29, 0.717) is 13.0 Å². The molecule has 1 aromatic rings. The van der Waals surface area contributed by atoms with E-state index in [-0.39, 0.29) is 5.91 Å². The number of hydrogen-bond donors (Lipinski definition) is 2. The average Bonchev–Trinajstić information content (AvgIpc) is 2.26. The zero-order valence-corrected chi connectivity index (χ0v) is 10.9. The van der Waals surface area contributed by atoms with E-state index in [9.17, 15) is 4.79 Å². The summed E-state index contributed by atoms with van der Waals surface area (Å²) in [6, 6.07) is 3.74. The zero-order chi connectivity index (χ0) is 11.8. The standard InChI is InChI=1S/C11H16BrN3O/c1-2-5-15-11(16)4-7-14-10-8-9(12)3-6-13-10/h3,6,8H,2,4-5,7H2,1H3,(H,13,14)(H,15,16). The highest BCUT2D eigenvalue weighted by atomic mass is 79.9. The van der Waals surface area contributed by atoms with Crippen molar-refractivity contribution in [2.24, 2.45) is 0 Å². The van der Waals surface area contributed by atoms with Crippen molar-refractivity contribution in [3.05, 3.63) is 22.8 Å². The molecule has 1 amide bonds. The first-order valence-electron chi connectivity index (χ1n) is 5.34. The molecule has 88 valence electrons. The Hall–Kier alpha value is -1.10. The van der Waals surface area contributed by atoms with Gasteiger partial charge in [0.2, 0.25) is 5.91 Å². The zero-order valence-electron chi connectivity index (χ0n) is 9.29. The predicted octanol–water partition coefficient (Wildman–Crippen LogP) is 2.17. The third-order valence-electron chi connectivity index (χ3n) is 1.95. The summed E-state index contributed by atoms with van der Waals surface area (Å²) in [7, 11) is 0. The Balaban J connectivity index is 2.22. The van der Waals surface area contributed by atoms with Crippen molar-refractivity contribution in [1.29, 1.82) is 0 Å². The highest BCUT2D eigenvalue weighted by molar-refractivity contribution is 9.10. The second kappa shape index (κ2) is 7.22. The lowest BCUT2D eigenvalue weighted by Crippen LogP contribution is -2.25. The van der Waals surface area contributed by atoms with Gasteiger partial charge in [-0.1, -0.05) is 22.9 Å². The molecule has 0 spiro atoms. The smallest absolute Gasteiger partial charge is 0.221 e. The van der Waals surface area contributed by atoms with Crippen molar-refractivity contribution in [1.82, 2.24) is 10.3 Å². The first-order valence-corrected chi connectivity index (χ1v) is 6.14. The lowest BCUT2D eigenvalue weighted by molar-refractivity contribution is -0.120. The van der Waals surface area contributed by atoms with E-state index >= 15 is 0 Å². The second-order valence-electron chi connectivity index (χ2n) is 3.39. The van der Waals surface area contributed by atoms with Gasteiger partial charge in [0.15, 0.2) is 0 Å². The highest BCUT2D eigenvalue weighted by Crippen LogP contribution is 2.12. The van der Waals surface area contributed by atoms with Gasteiger partial charge in [-0.15, -0.1) is 0 Å². The summed E-state index contributed by atoms with van der Waals surface area (Å²) >= 11 is 3.36. The lowest BCUT2D eigenvalue weighted by atomic mass is 10.3. The van der Waals surface area contributed by atoms with E-state index in [2.05, 4.69) is 31.5 Å². The SMILES string of the molecule is CCCNC(=O)CCNc1cc(Br)ccn1. The highest BCUT2D eigenvalue weighted by Gasteiger charge is 2.00. The predicted molar refractivity (Wildman–Crippen MR) is 68.3 cm³/mol. The molecule has 4 nitrogen and oxygen atoms in total. The number of hydrogen-bond acceptors (Lipinski definition) is 3. The summed E-state index contributed by atoms with van der Waals surface area (Å²) < 4.78 is 0.973. The van der Waals surface area contributed by atoms with Crippen LogP contribution in [0.1, 0.15) is 19.8 Å². The van der Waals surface area contributed by atoms with Gasteiger partial charge in [-0.2, -0.15) is 0 Å². The van der Waals surface area contributed by atoms with Crippen LogP contribution in [0.25, 0.3) is 0 Å². The molecule has 0 aromatic carbocycles. The quantitative estimate of drug-likeness (QED) is 0.842. The van der Waals surface area contributed by atoms with Gasteiger partial charge < -0.3 is 10.6 Å². The monoisotopic (exact) mass is 285 g/mol. The van der Waals surface area contributed by atoms with Crippen LogP contribution in [0.4, 0.5) is 5.82 Å². The minimum absolute atomic E-state index is 0.0735. The van der Waals surface area contributed by atoms with Crippen molar-refractivity contribution in [3.8, 4) is 0 Å². The Labute approximate surface area is 104 Å². The Morgan fingerprint density at radius 1 is 1.50 bits per heavy atom. The fourth-order valence-electron chi connectivity index (χ4n) is 1.16. The Morgan fingerprint density at radius 3 is 3.00 bits per heavy atom. The van der Waals surface area contributed by atoms with Crippen molar-refractivity contribution in [3.63, 3.8) is 0 Å². The molecule has 1 heterocycles. The minimum Gasteiger partial charge on any atom is -0.370 e. The summed E-state index contributed by atoms with van der Waals surface area (Å²) in [6.45, 7) is 3.37. The number of nitrogens with one attached hydrogen (secondary N) is 2. The summed E-state index contributed by atoms with van der Waals surface area (Å²) in [4.78, 5) is 15.4. The normalized spacial score (nSPS) is 9.88. The molecule has 1 rings (SSSR count). The number of halogens is 1.